The van der Waals surface area contributed by atoms with Gasteiger partial charge in [-0.15, -0.1) is 11.3 Å². The van der Waals surface area contributed by atoms with Gasteiger partial charge in [0.25, 0.3) is 0 Å². The first-order chi connectivity index (χ1) is 8.49. The first kappa shape index (κ1) is 11.7. The Morgan fingerprint density at radius 1 is 1.67 bits per heavy atom. The molecule has 0 spiro atoms. The van der Waals surface area contributed by atoms with Gasteiger partial charge in [-0.05, 0) is 25.3 Å². The Morgan fingerprint density at radius 2 is 2.44 bits per heavy atom. The SMILES string of the molecule is CC1(C)Oc2ccsc2C(N2[C-]=[NH+]C(=O)C2)C1O. The van der Waals surface area contributed by atoms with Gasteiger partial charge in [-0.2, -0.15) is 0 Å². The van der Waals surface area contributed by atoms with Gasteiger partial charge in [-0.25, -0.2) is 0 Å². The van der Waals surface area contributed by atoms with E-state index in [2.05, 4.69) is 11.3 Å². The van der Waals surface area contributed by atoms with Crippen LogP contribution in [0.2, 0.25) is 0 Å². The highest BCUT2D eigenvalue weighted by molar-refractivity contribution is 7.10. The lowest BCUT2D eigenvalue weighted by Gasteiger charge is -2.42. The summed E-state index contributed by atoms with van der Waals surface area (Å²) in [6.07, 6.45) is 2.08. The number of aliphatic hydroxyl groups excluding tert-OH is 1. The summed E-state index contributed by atoms with van der Waals surface area (Å²) >= 11 is 1.52. The number of rotatable bonds is 1. The van der Waals surface area contributed by atoms with Crippen LogP contribution in [0.4, 0.5) is 0 Å². The fourth-order valence-electron chi connectivity index (χ4n) is 2.32. The van der Waals surface area contributed by atoms with E-state index in [1.165, 1.54) is 11.3 Å². The van der Waals surface area contributed by atoms with Gasteiger partial charge in [-0.1, -0.05) is 0 Å². The van der Waals surface area contributed by atoms with E-state index in [4.69, 9.17) is 4.74 Å². The topological polar surface area (TPSA) is 63.7 Å². The predicted octanol–water partition coefficient (Wildman–Crippen LogP) is -0.851. The molecular weight excluding hydrogens is 252 g/mol. The molecule has 2 N–H and O–H groups in total. The highest BCUT2D eigenvalue weighted by Gasteiger charge is 2.48. The van der Waals surface area contributed by atoms with Crippen molar-refractivity contribution in [1.82, 2.24) is 4.90 Å². The number of ether oxygens (including phenoxy) is 1. The van der Waals surface area contributed by atoms with E-state index in [-0.39, 0.29) is 18.5 Å². The van der Waals surface area contributed by atoms with Crippen LogP contribution >= 0.6 is 11.3 Å². The van der Waals surface area contributed by atoms with E-state index in [0.717, 1.165) is 10.6 Å². The number of fused-ring (bicyclic) bond motifs is 1. The Hall–Kier alpha value is -1.40. The standard InChI is InChI=1S/C12H14N2O3S/c1-12(2)11(16)9(14-5-8(15)13-6-14)10-7(17-12)3-4-18-10/h3-4,9,11,13,16H,5H2,1-2H3. The second kappa shape index (κ2) is 3.80. The van der Waals surface area contributed by atoms with E-state index < -0.39 is 11.7 Å². The van der Waals surface area contributed by atoms with E-state index in [1.54, 1.807) is 4.90 Å². The number of hydrogen-bond donors (Lipinski definition) is 2. The molecule has 0 saturated carbocycles. The monoisotopic (exact) mass is 266 g/mol. The normalized spacial score (nSPS) is 29.3. The Bertz CT molecular complexity index is 523. The van der Waals surface area contributed by atoms with E-state index in [1.807, 2.05) is 25.3 Å². The maximum absolute atomic E-state index is 11.3. The van der Waals surface area contributed by atoms with Crippen molar-refractivity contribution in [2.24, 2.45) is 0 Å². The van der Waals surface area contributed by atoms with Gasteiger partial charge < -0.3 is 24.5 Å². The number of nitrogens with zero attached hydrogens (tertiary/aromatic N) is 1. The van der Waals surface area contributed by atoms with Crippen LogP contribution in [0, 0.1) is 0 Å². The zero-order valence-electron chi connectivity index (χ0n) is 10.1. The maximum atomic E-state index is 11.3. The van der Waals surface area contributed by atoms with Crippen LogP contribution in [0.25, 0.3) is 0 Å². The van der Waals surface area contributed by atoms with Crippen LogP contribution in [0.15, 0.2) is 11.4 Å². The van der Waals surface area contributed by atoms with E-state index >= 15 is 0 Å². The molecule has 96 valence electrons. The molecule has 3 heterocycles. The van der Waals surface area contributed by atoms with Crippen LogP contribution in [-0.2, 0) is 4.79 Å². The summed E-state index contributed by atoms with van der Waals surface area (Å²) in [5.74, 6) is 0.672. The number of hydrogen-bond acceptors (Lipinski definition) is 5. The van der Waals surface area contributed by atoms with Crippen molar-refractivity contribution < 1.29 is 19.6 Å². The third-order valence-electron chi connectivity index (χ3n) is 3.30. The number of thiophene rings is 1. The largest absolute Gasteiger partial charge is 0.484 e. The minimum atomic E-state index is -0.719. The van der Waals surface area contributed by atoms with Gasteiger partial charge in [0.2, 0.25) is 0 Å². The molecule has 0 radical (unpaired) electrons. The smallest absolute Gasteiger partial charge is 0.193 e. The lowest BCUT2D eigenvalue weighted by molar-refractivity contribution is -0.365. The molecule has 0 aromatic carbocycles. The molecule has 0 aliphatic carbocycles. The van der Waals surface area contributed by atoms with E-state index in [9.17, 15) is 9.90 Å². The van der Waals surface area contributed by atoms with Crippen LogP contribution in [-0.4, -0.2) is 40.5 Å². The van der Waals surface area contributed by atoms with Gasteiger partial charge in [-0.3, -0.25) is 0 Å². The molecule has 0 fully saturated rings. The molecule has 1 aromatic heterocycles. The Kier molecular flexibility index (Phi) is 2.46. The summed E-state index contributed by atoms with van der Waals surface area (Å²) in [6, 6.07) is 1.61. The number of carbonyl (C=O) groups is 1. The summed E-state index contributed by atoms with van der Waals surface area (Å²) in [6.45, 7) is 3.91. The molecule has 0 bridgehead atoms. The molecule has 3 rings (SSSR count). The first-order valence-corrected chi connectivity index (χ1v) is 6.62. The minimum absolute atomic E-state index is 0.107. The summed E-state index contributed by atoms with van der Waals surface area (Å²) in [5, 5.41) is 12.4. The number of amides is 1. The van der Waals surface area contributed by atoms with Crippen molar-refractivity contribution in [2.45, 2.75) is 31.6 Å². The van der Waals surface area contributed by atoms with E-state index in [0.29, 0.717) is 0 Å². The third kappa shape index (κ3) is 1.64. The molecule has 2 aliphatic rings. The van der Waals surface area contributed by atoms with Crippen LogP contribution in [0.3, 0.4) is 0 Å². The average molecular weight is 266 g/mol. The Balaban J connectivity index is 2.02. The second-order valence-corrected chi connectivity index (χ2v) is 5.98. The van der Waals surface area contributed by atoms with Gasteiger partial charge in [0.1, 0.15) is 36.4 Å². The third-order valence-corrected chi connectivity index (χ3v) is 4.27. The number of carbonyl (C=O) groups excluding carboxylic acids is 1. The van der Waals surface area contributed by atoms with Crippen molar-refractivity contribution in [3.8, 4) is 5.75 Å². The first-order valence-electron chi connectivity index (χ1n) is 5.74. The summed E-state index contributed by atoms with van der Waals surface area (Å²) in [5.41, 5.74) is -0.688. The quantitative estimate of drug-likeness (QED) is 0.650. The molecular formula is C12H14N2O3S. The lowest BCUT2D eigenvalue weighted by atomic mass is 9.90. The Morgan fingerprint density at radius 3 is 3.11 bits per heavy atom. The molecule has 1 aromatic rings. The van der Waals surface area contributed by atoms with Crippen LogP contribution in [0.1, 0.15) is 24.8 Å². The van der Waals surface area contributed by atoms with Gasteiger partial charge in [0.15, 0.2) is 5.91 Å². The zero-order valence-corrected chi connectivity index (χ0v) is 11.0. The molecule has 0 saturated heterocycles. The van der Waals surface area contributed by atoms with Crippen molar-refractivity contribution in [1.29, 1.82) is 0 Å². The molecule has 2 unspecified atom stereocenters. The summed E-state index contributed by atoms with van der Waals surface area (Å²) in [7, 11) is 0. The molecule has 1 amide bonds. The maximum Gasteiger partial charge on any atom is 0.193 e. The second-order valence-electron chi connectivity index (χ2n) is 5.03. The zero-order chi connectivity index (χ0) is 12.9. The number of aliphatic hydroxyl groups is 1. The average Bonchev–Trinajstić information content (AvgIpc) is 2.88. The molecule has 2 atom stereocenters. The number of nitrogens with one attached hydrogen (secondary N) is 1. The van der Waals surface area contributed by atoms with Gasteiger partial charge in [0.05, 0.1) is 4.88 Å². The summed E-state index contributed by atoms with van der Waals surface area (Å²) in [4.78, 5) is 16.5. The predicted molar refractivity (Wildman–Crippen MR) is 65.5 cm³/mol. The fraction of sp³-hybridized carbons (Fsp3) is 0.500. The molecule has 5 nitrogen and oxygen atoms in total. The van der Waals surface area contributed by atoms with Gasteiger partial charge >= 0.3 is 0 Å². The fourth-order valence-corrected chi connectivity index (χ4v) is 3.28. The lowest BCUT2D eigenvalue weighted by Crippen LogP contribution is -2.71. The highest BCUT2D eigenvalue weighted by Crippen LogP contribution is 2.45. The van der Waals surface area contributed by atoms with Crippen LogP contribution in [0.5, 0.6) is 5.75 Å². The van der Waals surface area contributed by atoms with Crippen molar-refractivity contribution in [3.63, 3.8) is 0 Å². The van der Waals surface area contributed by atoms with Gasteiger partial charge in [0, 0.05) is 0 Å². The van der Waals surface area contributed by atoms with Crippen molar-refractivity contribution in [2.75, 3.05) is 6.54 Å². The van der Waals surface area contributed by atoms with Crippen molar-refractivity contribution >= 4 is 23.6 Å². The Labute approximate surface area is 109 Å². The molecule has 2 aliphatic heterocycles. The highest BCUT2D eigenvalue weighted by atomic mass is 32.1. The van der Waals surface area contributed by atoms with Crippen molar-refractivity contribution in [3.05, 3.63) is 16.3 Å². The minimum Gasteiger partial charge on any atom is -0.484 e. The molecule has 18 heavy (non-hydrogen) atoms. The van der Waals surface area contributed by atoms with Crippen LogP contribution < -0.4 is 9.73 Å². The molecule has 6 heteroatoms. The summed E-state index contributed by atoms with van der Waals surface area (Å²) < 4.78 is 5.79.